The first-order valence-electron chi connectivity index (χ1n) is 4.24. The molecule has 1 fully saturated rings. The maximum absolute atomic E-state index is 9.29. The smallest absolute Gasteiger partial charge is 0.207 e. The van der Waals surface area contributed by atoms with E-state index < -0.39 is 0 Å². The molecule has 0 atom stereocenters. The Labute approximate surface area is 73.9 Å². The van der Waals surface area contributed by atoms with Crippen molar-refractivity contribution in [1.82, 2.24) is 10.2 Å². The number of carbonyl (C=O) groups excluding carboxylic acids is 1. The molecule has 0 aliphatic carbocycles. The molecule has 0 aromatic rings. The van der Waals surface area contributed by atoms with Gasteiger partial charge in [0.05, 0.1) is 13.2 Å². The van der Waals surface area contributed by atoms with Gasteiger partial charge in [-0.25, -0.2) is 0 Å². The largest absolute Gasteiger partial charge is 0.379 e. The van der Waals surface area contributed by atoms with Gasteiger partial charge in [0.1, 0.15) is 0 Å². The van der Waals surface area contributed by atoms with Crippen LogP contribution in [-0.2, 0) is 9.53 Å². The molecule has 0 spiro atoms. The fourth-order valence-corrected chi connectivity index (χ4v) is 0.738. The van der Waals surface area contributed by atoms with Gasteiger partial charge in [0.15, 0.2) is 0 Å². The number of carbonyl (C=O) groups is 1. The Kier molecular flexibility index (Phi) is 8.05. The van der Waals surface area contributed by atoms with Crippen LogP contribution in [0.3, 0.4) is 0 Å². The SMILES string of the molecule is CCNC=O.CN1CCOCC1. The summed E-state index contributed by atoms with van der Waals surface area (Å²) >= 11 is 0. The van der Waals surface area contributed by atoms with Crippen molar-refractivity contribution in [3.8, 4) is 0 Å². The zero-order valence-corrected chi connectivity index (χ0v) is 7.88. The third-order valence-corrected chi connectivity index (χ3v) is 1.52. The van der Waals surface area contributed by atoms with Crippen molar-refractivity contribution in [3.05, 3.63) is 0 Å². The molecule has 1 amide bonds. The monoisotopic (exact) mass is 174 g/mol. The molecular weight excluding hydrogens is 156 g/mol. The Morgan fingerprint density at radius 2 is 2.08 bits per heavy atom. The summed E-state index contributed by atoms with van der Waals surface area (Å²) < 4.78 is 5.10. The standard InChI is InChI=1S/C5H11NO.C3H7NO/c1-6-2-4-7-5-3-6;1-2-4-3-5/h2-5H2,1H3;3H,2H2,1H3,(H,4,5). The highest BCUT2D eigenvalue weighted by molar-refractivity contribution is 5.45. The van der Waals surface area contributed by atoms with E-state index in [2.05, 4.69) is 17.3 Å². The van der Waals surface area contributed by atoms with E-state index in [0.29, 0.717) is 6.41 Å². The average molecular weight is 174 g/mol. The minimum absolute atomic E-state index is 0.681. The summed E-state index contributed by atoms with van der Waals surface area (Å²) in [7, 11) is 2.11. The van der Waals surface area contributed by atoms with E-state index in [1.807, 2.05) is 6.92 Å². The van der Waals surface area contributed by atoms with E-state index in [1.165, 1.54) is 0 Å². The molecule has 4 nitrogen and oxygen atoms in total. The first-order chi connectivity index (χ1) is 5.81. The number of amides is 1. The summed E-state index contributed by atoms with van der Waals surface area (Å²) in [5.41, 5.74) is 0. The van der Waals surface area contributed by atoms with E-state index >= 15 is 0 Å². The second kappa shape index (κ2) is 8.49. The van der Waals surface area contributed by atoms with Gasteiger partial charge in [-0.3, -0.25) is 4.79 Å². The molecule has 12 heavy (non-hydrogen) atoms. The van der Waals surface area contributed by atoms with Gasteiger partial charge in [-0.05, 0) is 14.0 Å². The molecule has 4 heteroatoms. The lowest BCUT2D eigenvalue weighted by atomic mass is 10.5. The van der Waals surface area contributed by atoms with Crippen molar-refractivity contribution in [3.63, 3.8) is 0 Å². The van der Waals surface area contributed by atoms with Crippen LogP contribution in [0.1, 0.15) is 6.92 Å². The Morgan fingerprint density at radius 1 is 1.50 bits per heavy atom. The van der Waals surface area contributed by atoms with Crippen LogP contribution >= 0.6 is 0 Å². The molecule has 1 N–H and O–H groups in total. The number of hydrogen-bond donors (Lipinski definition) is 1. The molecule has 1 aliphatic heterocycles. The molecule has 1 aliphatic rings. The summed E-state index contributed by atoms with van der Waals surface area (Å²) in [5.74, 6) is 0. The summed E-state index contributed by atoms with van der Waals surface area (Å²) in [6.45, 7) is 6.62. The van der Waals surface area contributed by atoms with Crippen molar-refractivity contribution in [1.29, 1.82) is 0 Å². The second-order valence-electron chi connectivity index (χ2n) is 2.59. The van der Waals surface area contributed by atoms with Crippen LogP contribution in [0.2, 0.25) is 0 Å². The van der Waals surface area contributed by atoms with Gasteiger partial charge in [0, 0.05) is 19.6 Å². The van der Waals surface area contributed by atoms with Crippen molar-refractivity contribution < 1.29 is 9.53 Å². The molecule has 72 valence electrons. The lowest BCUT2D eigenvalue weighted by Crippen LogP contribution is -2.32. The van der Waals surface area contributed by atoms with E-state index in [-0.39, 0.29) is 0 Å². The van der Waals surface area contributed by atoms with Crippen molar-refractivity contribution in [2.24, 2.45) is 0 Å². The number of likely N-dealkylation sites (N-methyl/N-ethyl adjacent to an activating group) is 1. The maximum Gasteiger partial charge on any atom is 0.207 e. The van der Waals surface area contributed by atoms with Crippen molar-refractivity contribution >= 4 is 6.41 Å². The Bertz CT molecular complexity index is 103. The fourth-order valence-electron chi connectivity index (χ4n) is 0.738. The summed E-state index contributed by atoms with van der Waals surface area (Å²) in [6.07, 6.45) is 0.681. The highest BCUT2D eigenvalue weighted by Crippen LogP contribution is 1.89. The zero-order valence-electron chi connectivity index (χ0n) is 7.88. The molecule has 0 radical (unpaired) electrons. The van der Waals surface area contributed by atoms with E-state index in [9.17, 15) is 4.79 Å². The normalized spacial score (nSPS) is 17.5. The van der Waals surface area contributed by atoms with Crippen LogP contribution in [0.25, 0.3) is 0 Å². The fraction of sp³-hybridized carbons (Fsp3) is 0.875. The topological polar surface area (TPSA) is 41.6 Å². The van der Waals surface area contributed by atoms with Gasteiger partial charge < -0.3 is 15.0 Å². The van der Waals surface area contributed by atoms with Crippen LogP contribution in [0.4, 0.5) is 0 Å². The zero-order chi connectivity index (χ0) is 9.23. The highest BCUT2D eigenvalue weighted by Gasteiger charge is 2.02. The summed E-state index contributed by atoms with van der Waals surface area (Å²) in [5, 5.41) is 2.43. The lowest BCUT2D eigenvalue weighted by Gasteiger charge is -2.21. The number of nitrogens with zero attached hydrogens (tertiary/aromatic N) is 1. The maximum atomic E-state index is 9.29. The molecule has 1 saturated heterocycles. The number of ether oxygens (including phenoxy) is 1. The van der Waals surface area contributed by atoms with Crippen LogP contribution < -0.4 is 5.32 Å². The summed E-state index contributed by atoms with van der Waals surface area (Å²) in [6, 6.07) is 0. The molecule has 0 unspecified atom stereocenters. The third kappa shape index (κ3) is 7.50. The van der Waals surface area contributed by atoms with Crippen LogP contribution in [0.15, 0.2) is 0 Å². The highest BCUT2D eigenvalue weighted by atomic mass is 16.5. The third-order valence-electron chi connectivity index (χ3n) is 1.52. The second-order valence-corrected chi connectivity index (χ2v) is 2.59. The van der Waals surface area contributed by atoms with Gasteiger partial charge in [-0.15, -0.1) is 0 Å². The molecule has 1 rings (SSSR count). The predicted molar refractivity (Wildman–Crippen MR) is 48.1 cm³/mol. The van der Waals surface area contributed by atoms with E-state index in [4.69, 9.17) is 4.74 Å². The molecule has 0 saturated carbocycles. The molecule has 1 heterocycles. The van der Waals surface area contributed by atoms with Crippen LogP contribution in [0.5, 0.6) is 0 Å². The number of rotatable bonds is 2. The quantitative estimate of drug-likeness (QED) is 0.584. The minimum atomic E-state index is 0.681. The van der Waals surface area contributed by atoms with Gasteiger partial charge >= 0.3 is 0 Å². The Balaban J connectivity index is 0.000000217. The average Bonchev–Trinajstić information content (AvgIpc) is 2.08. The van der Waals surface area contributed by atoms with Crippen LogP contribution in [0, 0.1) is 0 Å². The predicted octanol–water partition coefficient (Wildman–Crippen LogP) is -0.299. The van der Waals surface area contributed by atoms with Crippen LogP contribution in [-0.4, -0.2) is 51.2 Å². The van der Waals surface area contributed by atoms with Crippen molar-refractivity contribution in [2.75, 3.05) is 39.9 Å². The molecule has 0 aromatic heterocycles. The summed E-state index contributed by atoms with van der Waals surface area (Å²) in [4.78, 5) is 11.6. The molecule has 0 bridgehead atoms. The van der Waals surface area contributed by atoms with Gasteiger partial charge in [0.25, 0.3) is 0 Å². The van der Waals surface area contributed by atoms with E-state index in [1.54, 1.807) is 0 Å². The Hall–Kier alpha value is -0.610. The minimum Gasteiger partial charge on any atom is -0.379 e. The number of nitrogens with one attached hydrogen (secondary N) is 1. The first kappa shape index (κ1) is 11.4. The van der Waals surface area contributed by atoms with E-state index in [0.717, 1.165) is 32.8 Å². The number of morpholine rings is 1. The van der Waals surface area contributed by atoms with Gasteiger partial charge in [0.2, 0.25) is 6.41 Å². The lowest BCUT2D eigenvalue weighted by molar-refractivity contribution is -0.109. The molecule has 0 aromatic carbocycles. The number of hydrogen-bond acceptors (Lipinski definition) is 3. The molecular formula is C8H18N2O2. The first-order valence-corrected chi connectivity index (χ1v) is 4.24. The van der Waals surface area contributed by atoms with Gasteiger partial charge in [-0.1, -0.05) is 0 Å². The Morgan fingerprint density at radius 3 is 2.25 bits per heavy atom. The van der Waals surface area contributed by atoms with Gasteiger partial charge in [-0.2, -0.15) is 0 Å². The van der Waals surface area contributed by atoms with Crippen molar-refractivity contribution in [2.45, 2.75) is 6.92 Å².